The Hall–Kier alpha value is -1.13. The molecule has 0 radical (unpaired) electrons. The van der Waals surface area contributed by atoms with E-state index < -0.39 is 12.0 Å². The van der Waals surface area contributed by atoms with Gasteiger partial charge in [0.2, 0.25) is 0 Å². The van der Waals surface area contributed by atoms with Gasteiger partial charge >= 0.3 is 5.97 Å². The number of aliphatic carboxylic acids is 1. The topological polar surface area (TPSA) is 40.5 Å². The number of hydrogen-bond donors (Lipinski definition) is 1. The first-order valence-electron chi connectivity index (χ1n) is 5.79. The summed E-state index contributed by atoms with van der Waals surface area (Å²) < 4.78 is 13.5. The smallest absolute Gasteiger partial charge is 0.320 e. The Morgan fingerprint density at radius 2 is 2.22 bits per heavy atom. The van der Waals surface area contributed by atoms with Gasteiger partial charge in [0.05, 0.1) is 0 Å². The molecule has 1 rings (SSSR count). The van der Waals surface area contributed by atoms with Crippen LogP contribution in [0, 0.1) is 5.82 Å². The molecule has 0 saturated heterocycles. The molecule has 0 aliphatic carbocycles. The van der Waals surface area contributed by atoms with E-state index in [1.807, 2.05) is 0 Å². The third kappa shape index (κ3) is 3.96. The van der Waals surface area contributed by atoms with Gasteiger partial charge in [0.1, 0.15) is 11.9 Å². The van der Waals surface area contributed by atoms with Crippen molar-refractivity contribution in [2.24, 2.45) is 0 Å². The fourth-order valence-electron chi connectivity index (χ4n) is 1.66. The van der Waals surface area contributed by atoms with Crippen molar-refractivity contribution in [3.05, 3.63) is 34.6 Å². The van der Waals surface area contributed by atoms with E-state index >= 15 is 0 Å². The zero-order valence-corrected chi connectivity index (χ0v) is 11.2. The maximum Gasteiger partial charge on any atom is 0.320 e. The number of carboxylic acids is 1. The third-order valence-corrected chi connectivity index (χ3v) is 3.37. The molecule has 1 unspecified atom stereocenters. The van der Waals surface area contributed by atoms with Crippen molar-refractivity contribution in [3.8, 4) is 0 Å². The summed E-state index contributed by atoms with van der Waals surface area (Å²) in [6, 6.07) is 4.06. The SMILES string of the molecule is CC(C(=O)O)N(C)CCCc1c(F)cccc1Cl. The lowest BCUT2D eigenvalue weighted by molar-refractivity contribution is -0.142. The highest BCUT2D eigenvalue weighted by Crippen LogP contribution is 2.20. The quantitative estimate of drug-likeness (QED) is 0.866. The first-order valence-corrected chi connectivity index (χ1v) is 6.17. The highest BCUT2D eigenvalue weighted by molar-refractivity contribution is 6.31. The summed E-state index contributed by atoms with van der Waals surface area (Å²) in [7, 11) is 1.74. The standard InChI is InChI=1S/C13H17ClFNO2/c1-9(13(17)18)16(2)8-4-5-10-11(14)6-3-7-12(10)15/h3,6-7,9H,4-5,8H2,1-2H3,(H,17,18). The summed E-state index contributed by atoms with van der Waals surface area (Å²) in [5, 5.41) is 9.25. The van der Waals surface area contributed by atoms with E-state index in [1.54, 1.807) is 31.0 Å². The van der Waals surface area contributed by atoms with Crippen LogP contribution in [0.15, 0.2) is 18.2 Å². The largest absolute Gasteiger partial charge is 0.480 e. The molecule has 0 fully saturated rings. The Kier molecular flexibility index (Phi) is 5.56. The van der Waals surface area contributed by atoms with Crippen LogP contribution in [0.1, 0.15) is 18.9 Å². The van der Waals surface area contributed by atoms with Crippen LogP contribution >= 0.6 is 11.6 Å². The number of nitrogens with zero attached hydrogens (tertiary/aromatic N) is 1. The Morgan fingerprint density at radius 1 is 1.56 bits per heavy atom. The molecular formula is C13H17ClFNO2. The molecule has 0 bridgehead atoms. The van der Waals surface area contributed by atoms with E-state index in [1.165, 1.54) is 6.07 Å². The number of benzene rings is 1. The normalized spacial score (nSPS) is 12.7. The van der Waals surface area contributed by atoms with Crippen LogP contribution in [-0.4, -0.2) is 35.6 Å². The predicted molar refractivity (Wildman–Crippen MR) is 69.5 cm³/mol. The zero-order valence-electron chi connectivity index (χ0n) is 10.5. The Balaban J connectivity index is 2.49. The molecule has 18 heavy (non-hydrogen) atoms. The number of rotatable bonds is 6. The zero-order chi connectivity index (χ0) is 13.7. The number of carbonyl (C=O) groups is 1. The van der Waals surface area contributed by atoms with Crippen molar-refractivity contribution in [3.63, 3.8) is 0 Å². The summed E-state index contributed by atoms with van der Waals surface area (Å²) in [6.07, 6.45) is 1.16. The van der Waals surface area contributed by atoms with Crippen molar-refractivity contribution in [1.82, 2.24) is 4.90 Å². The van der Waals surface area contributed by atoms with Crippen LogP contribution in [0.3, 0.4) is 0 Å². The monoisotopic (exact) mass is 273 g/mol. The van der Waals surface area contributed by atoms with E-state index in [2.05, 4.69) is 0 Å². The summed E-state index contributed by atoms with van der Waals surface area (Å²) in [4.78, 5) is 12.5. The molecule has 3 nitrogen and oxygen atoms in total. The number of carboxylic acid groups (broad SMARTS) is 1. The molecule has 0 amide bonds. The molecule has 1 aromatic rings. The molecule has 5 heteroatoms. The average molecular weight is 274 g/mol. The van der Waals surface area contributed by atoms with Crippen molar-refractivity contribution >= 4 is 17.6 Å². The number of likely N-dealkylation sites (N-methyl/N-ethyl adjacent to an activating group) is 1. The molecule has 0 spiro atoms. The summed E-state index contributed by atoms with van der Waals surface area (Å²) in [5.74, 6) is -1.17. The summed E-state index contributed by atoms with van der Waals surface area (Å²) in [6.45, 7) is 2.20. The predicted octanol–water partition coefficient (Wildman–Crippen LogP) is 2.82. The second-order valence-electron chi connectivity index (χ2n) is 4.30. The fourth-order valence-corrected chi connectivity index (χ4v) is 1.92. The highest BCUT2D eigenvalue weighted by Gasteiger charge is 2.16. The minimum Gasteiger partial charge on any atom is -0.480 e. The molecule has 1 aromatic carbocycles. The molecule has 100 valence electrons. The molecule has 0 aliphatic heterocycles. The molecule has 1 N–H and O–H groups in total. The van der Waals surface area contributed by atoms with Crippen molar-refractivity contribution < 1.29 is 14.3 Å². The van der Waals surface area contributed by atoms with Gasteiger partial charge in [-0.3, -0.25) is 9.69 Å². The van der Waals surface area contributed by atoms with E-state index in [9.17, 15) is 9.18 Å². The minimum atomic E-state index is -0.860. The molecule has 0 aromatic heterocycles. The molecule has 0 heterocycles. The van der Waals surface area contributed by atoms with Gasteiger partial charge in [-0.25, -0.2) is 4.39 Å². The second kappa shape index (κ2) is 6.71. The first kappa shape index (κ1) is 14.9. The highest BCUT2D eigenvalue weighted by atomic mass is 35.5. The second-order valence-corrected chi connectivity index (χ2v) is 4.71. The van der Waals surface area contributed by atoms with Gasteiger partial charge in [-0.2, -0.15) is 0 Å². The maximum absolute atomic E-state index is 13.5. The van der Waals surface area contributed by atoms with E-state index in [4.69, 9.17) is 16.7 Å². The lowest BCUT2D eigenvalue weighted by Gasteiger charge is -2.20. The average Bonchev–Trinajstić information content (AvgIpc) is 2.31. The Bertz CT molecular complexity index is 405. The van der Waals surface area contributed by atoms with E-state index in [0.29, 0.717) is 30.0 Å². The van der Waals surface area contributed by atoms with Gasteiger partial charge < -0.3 is 5.11 Å². The maximum atomic E-state index is 13.5. The molecule has 0 aliphatic rings. The van der Waals surface area contributed by atoms with Gasteiger partial charge in [0, 0.05) is 10.6 Å². The van der Waals surface area contributed by atoms with Gasteiger partial charge in [-0.1, -0.05) is 17.7 Å². The van der Waals surface area contributed by atoms with Crippen molar-refractivity contribution in [2.45, 2.75) is 25.8 Å². The number of halogens is 2. The molecule has 1 atom stereocenters. The van der Waals surface area contributed by atoms with Crippen LogP contribution in [0.4, 0.5) is 4.39 Å². The Labute approximate surface area is 111 Å². The van der Waals surface area contributed by atoms with Gasteiger partial charge in [0.15, 0.2) is 0 Å². The summed E-state index contributed by atoms with van der Waals surface area (Å²) in [5.41, 5.74) is 0.496. The fraction of sp³-hybridized carbons (Fsp3) is 0.462. The van der Waals surface area contributed by atoms with Crippen LogP contribution in [-0.2, 0) is 11.2 Å². The van der Waals surface area contributed by atoms with E-state index in [-0.39, 0.29) is 5.82 Å². The lowest BCUT2D eigenvalue weighted by atomic mass is 10.1. The Morgan fingerprint density at radius 3 is 2.78 bits per heavy atom. The van der Waals surface area contributed by atoms with Crippen LogP contribution < -0.4 is 0 Å². The van der Waals surface area contributed by atoms with Crippen molar-refractivity contribution in [2.75, 3.05) is 13.6 Å². The van der Waals surface area contributed by atoms with Crippen LogP contribution in [0.2, 0.25) is 5.02 Å². The molecular weight excluding hydrogens is 257 g/mol. The van der Waals surface area contributed by atoms with Crippen LogP contribution in [0.25, 0.3) is 0 Å². The summed E-state index contributed by atoms with van der Waals surface area (Å²) >= 11 is 5.91. The van der Waals surface area contributed by atoms with E-state index in [0.717, 1.165) is 0 Å². The van der Waals surface area contributed by atoms with Gasteiger partial charge in [-0.05, 0) is 45.5 Å². The molecule has 0 saturated carbocycles. The minimum absolute atomic E-state index is 0.309. The van der Waals surface area contributed by atoms with Crippen LogP contribution in [0.5, 0.6) is 0 Å². The third-order valence-electron chi connectivity index (χ3n) is 3.02. The van der Waals surface area contributed by atoms with Crippen molar-refractivity contribution in [1.29, 1.82) is 0 Å². The number of hydrogen-bond acceptors (Lipinski definition) is 2. The lowest BCUT2D eigenvalue weighted by Crippen LogP contribution is -2.36. The van der Waals surface area contributed by atoms with Gasteiger partial charge in [0.25, 0.3) is 0 Å². The van der Waals surface area contributed by atoms with Gasteiger partial charge in [-0.15, -0.1) is 0 Å². The first-order chi connectivity index (χ1) is 8.43.